The molecule has 0 fully saturated rings. The fourth-order valence-electron chi connectivity index (χ4n) is 2.03. The lowest BCUT2D eigenvalue weighted by atomic mass is 10.1. The van der Waals surface area contributed by atoms with Crippen LogP contribution in [-0.2, 0) is 0 Å². The number of amides is 1. The molecule has 0 saturated carbocycles. The zero-order chi connectivity index (χ0) is 15.2. The molecule has 1 heterocycles. The third-order valence-corrected chi connectivity index (χ3v) is 3.10. The Morgan fingerprint density at radius 2 is 1.45 bits per heavy atom. The molecule has 0 bridgehead atoms. The molecular formula is C18H14N2O2. The molecule has 22 heavy (non-hydrogen) atoms. The molecule has 0 atom stereocenters. The molecule has 108 valence electrons. The Labute approximate surface area is 128 Å². The van der Waals surface area contributed by atoms with Gasteiger partial charge in [-0.25, -0.2) is 4.79 Å². The number of hydrogen-bond acceptors (Lipinski definition) is 3. The highest BCUT2D eigenvalue weighted by atomic mass is 16.6. The second-order valence-corrected chi connectivity index (χ2v) is 4.64. The van der Waals surface area contributed by atoms with Gasteiger partial charge >= 0.3 is 6.09 Å². The van der Waals surface area contributed by atoms with Crippen molar-refractivity contribution in [1.29, 1.82) is 0 Å². The van der Waals surface area contributed by atoms with E-state index in [1.807, 2.05) is 54.6 Å². The first-order valence-corrected chi connectivity index (χ1v) is 6.85. The first-order chi connectivity index (χ1) is 10.8. The SMILES string of the molecule is O=C(Nc1ccc(-c2ccncc2)cc1)Oc1ccccc1. The molecule has 2 aromatic carbocycles. The van der Waals surface area contributed by atoms with E-state index in [1.165, 1.54) is 0 Å². The summed E-state index contributed by atoms with van der Waals surface area (Å²) in [4.78, 5) is 15.8. The minimum atomic E-state index is -0.511. The second kappa shape index (κ2) is 6.54. The van der Waals surface area contributed by atoms with Gasteiger partial charge in [0.2, 0.25) is 0 Å². The number of anilines is 1. The van der Waals surface area contributed by atoms with Crippen LogP contribution in [0.5, 0.6) is 5.75 Å². The van der Waals surface area contributed by atoms with Gasteiger partial charge in [0.25, 0.3) is 0 Å². The van der Waals surface area contributed by atoms with Crippen LogP contribution in [0.25, 0.3) is 11.1 Å². The van der Waals surface area contributed by atoms with Gasteiger partial charge in [-0.1, -0.05) is 30.3 Å². The summed E-state index contributed by atoms with van der Waals surface area (Å²) in [5.41, 5.74) is 2.82. The third kappa shape index (κ3) is 3.49. The van der Waals surface area contributed by atoms with E-state index < -0.39 is 6.09 Å². The summed E-state index contributed by atoms with van der Waals surface area (Å²) < 4.78 is 5.17. The second-order valence-electron chi connectivity index (χ2n) is 4.64. The molecule has 0 spiro atoms. The maximum atomic E-state index is 11.8. The number of pyridine rings is 1. The van der Waals surface area contributed by atoms with Gasteiger partial charge in [-0.3, -0.25) is 10.3 Å². The Morgan fingerprint density at radius 3 is 2.14 bits per heavy atom. The van der Waals surface area contributed by atoms with Crippen LogP contribution in [0.15, 0.2) is 79.1 Å². The molecule has 1 N–H and O–H groups in total. The third-order valence-electron chi connectivity index (χ3n) is 3.10. The maximum absolute atomic E-state index is 11.8. The fraction of sp³-hybridized carbons (Fsp3) is 0. The van der Waals surface area contributed by atoms with Gasteiger partial charge in [-0.05, 0) is 47.5 Å². The van der Waals surface area contributed by atoms with Crippen LogP contribution in [0.3, 0.4) is 0 Å². The monoisotopic (exact) mass is 290 g/mol. The van der Waals surface area contributed by atoms with Crippen molar-refractivity contribution in [3.63, 3.8) is 0 Å². The lowest BCUT2D eigenvalue weighted by Crippen LogP contribution is -2.16. The molecule has 0 aliphatic rings. The Hall–Kier alpha value is -3.14. The molecule has 1 aromatic heterocycles. The quantitative estimate of drug-likeness (QED) is 0.779. The average molecular weight is 290 g/mol. The predicted molar refractivity (Wildman–Crippen MR) is 85.8 cm³/mol. The molecule has 3 rings (SSSR count). The van der Waals surface area contributed by atoms with Gasteiger partial charge in [-0.2, -0.15) is 0 Å². The smallest absolute Gasteiger partial charge is 0.410 e. The number of carbonyl (C=O) groups excluding carboxylic acids is 1. The summed E-state index contributed by atoms with van der Waals surface area (Å²) in [6, 6.07) is 20.4. The predicted octanol–water partition coefficient (Wildman–Crippen LogP) is 4.36. The van der Waals surface area contributed by atoms with Gasteiger partial charge < -0.3 is 4.74 Å². The van der Waals surface area contributed by atoms with Crippen molar-refractivity contribution in [3.8, 4) is 16.9 Å². The van der Waals surface area contributed by atoms with Crippen molar-refractivity contribution in [3.05, 3.63) is 79.1 Å². The Balaban J connectivity index is 1.65. The van der Waals surface area contributed by atoms with E-state index >= 15 is 0 Å². The van der Waals surface area contributed by atoms with Crippen LogP contribution < -0.4 is 10.1 Å². The van der Waals surface area contributed by atoms with Gasteiger partial charge in [0, 0.05) is 18.1 Å². The van der Waals surface area contributed by atoms with Crippen molar-refractivity contribution in [2.45, 2.75) is 0 Å². The van der Waals surface area contributed by atoms with E-state index in [2.05, 4.69) is 10.3 Å². The van der Waals surface area contributed by atoms with Crippen molar-refractivity contribution in [2.75, 3.05) is 5.32 Å². The van der Waals surface area contributed by atoms with Crippen LogP contribution in [0.1, 0.15) is 0 Å². The molecule has 3 aromatic rings. The number of nitrogens with zero attached hydrogens (tertiary/aromatic N) is 1. The van der Waals surface area contributed by atoms with Gasteiger partial charge in [0.1, 0.15) is 5.75 Å². The summed E-state index contributed by atoms with van der Waals surface area (Å²) in [6.07, 6.45) is 2.99. The minimum absolute atomic E-state index is 0.508. The number of benzene rings is 2. The van der Waals surface area contributed by atoms with Crippen molar-refractivity contribution in [1.82, 2.24) is 4.98 Å². The molecular weight excluding hydrogens is 276 g/mol. The van der Waals surface area contributed by atoms with Gasteiger partial charge in [0.05, 0.1) is 0 Å². The highest BCUT2D eigenvalue weighted by Gasteiger charge is 2.05. The average Bonchev–Trinajstić information content (AvgIpc) is 2.57. The Kier molecular flexibility index (Phi) is 4.11. The fourth-order valence-corrected chi connectivity index (χ4v) is 2.03. The first kappa shape index (κ1) is 13.8. The van der Waals surface area contributed by atoms with Crippen LogP contribution in [0.2, 0.25) is 0 Å². The van der Waals surface area contributed by atoms with Crippen LogP contribution in [-0.4, -0.2) is 11.1 Å². The Morgan fingerprint density at radius 1 is 0.818 bits per heavy atom. The molecule has 4 nitrogen and oxygen atoms in total. The van der Waals surface area contributed by atoms with Crippen molar-refractivity contribution < 1.29 is 9.53 Å². The molecule has 0 radical (unpaired) electrons. The highest BCUT2D eigenvalue weighted by Crippen LogP contribution is 2.20. The van der Waals surface area contributed by atoms with E-state index in [4.69, 9.17) is 4.74 Å². The normalized spacial score (nSPS) is 10.0. The van der Waals surface area contributed by atoms with Crippen LogP contribution in [0, 0.1) is 0 Å². The summed E-state index contributed by atoms with van der Waals surface area (Å²) in [6.45, 7) is 0. The maximum Gasteiger partial charge on any atom is 0.417 e. The summed E-state index contributed by atoms with van der Waals surface area (Å²) in [5.74, 6) is 0.508. The molecule has 0 unspecified atom stereocenters. The van der Waals surface area contributed by atoms with E-state index in [9.17, 15) is 4.79 Å². The van der Waals surface area contributed by atoms with E-state index in [0.29, 0.717) is 11.4 Å². The zero-order valence-corrected chi connectivity index (χ0v) is 11.8. The summed E-state index contributed by atoms with van der Waals surface area (Å²) in [7, 11) is 0. The van der Waals surface area contributed by atoms with Gasteiger partial charge in [0.15, 0.2) is 0 Å². The standard InChI is InChI=1S/C18H14N2O2/c21-18(22-17-4-2-1-3-5-17)20-16-8-6-14(7-9-16)15-10-12-19-13-11-15/h1-13H,(H,20,21). The van der Waals surface area contributed by atoms with E-state index in [-0.39, 0.29) is 0 Å². The Bertz CT molecular complexity index is 741. The van der Waals surface area contributed by atoms with E-state index in [1.54, 1.807) is 24.5 Å². The molecule has 4 heteroatoms. The van der Waals surface area contributed by atoms with Crippen LogP contribution in [0.4, 0.5) is 10.5 Å². The number of nitrogens with one attached hydrogen (secondary N) is 1. The van der Waals surface area contributed by atoms with Gasteiger partial charge in [-0.15, -0.1) is 0 Å². The number of rotatable bonds is 3. The number of ether oxygens (including phenoxy) is 1. The van der Waals surface area contributed by atoms with E-state index in [0.717, 1.165) is 11.1 Å². The minimum Gasteiger partial charge on any atom is -0.410 e. The molecule has 0 saturated heterocycles. The summed E-state index contributed by atoms with van der Waals surface area (Å²) >= 11 is 0. The molecule has 0 aliphatic carbocycles. The molecule has 0 aliphatic heterocycles. The van der Waals surface area contributed by atoms with Crippen molar-refractivity contribution >= 4 is 11.8 Å². The van der Waals surface area contributed by atoms with Crippen LogP contribution >= 0.6 is 0 Å². The number of aromatic nitrogens is 1. The number of hydrogen-bond donors (Lipinski definition) is 1. The molecule has 1 amide bonds. The first-order valence-electron chi connectivity index (χ1n) is 6.85. The number of carbonyl (C=O) groups is 1. The zero-order valence-electron chi connectivity index (χ0n) is 11.8. The number of para-hydroxylation sites is 1. The summed E-state index contributed by atoms with van der Waals surface area (Å²) in [5, 5.41) is 2.70. The van der Waals surface area contributed by atoms with Crippen molar-refractivity contribution in [2.24, 2.45) is 0 Å². The lowest BCUT2D eigenvalue weighted by Gasteiger charge is -2.07. The topological polar surface area (TPSA) is 51.2 Å². The lowest BCUT2D eigenvalue weighted by molar-refractivity contribution is 0.215. The highest BCUT2D eigenvalue weighted by molar-refractivity contribution is 5.86. The largest absolute Gasteiger partial charge is 0.417 e.